The molecule has 1 fully saturated rings. The maximum atomic E-state index is 6.15. The van der Waals surface area contributed by atoms with Crippen LogP contribution >= 0.6 is 23.2 Å². The van der Waals surface area contributed by atoms with Gasteiger partial charge in [-0.2, -0.15) is 0 Å². The lowest BCUT2D eigenvalue weighted by Crippen LogP contribution is -2.22. The Hall–Kier alpha value is -0.240. The lowest BCUT2D eigenvalue weighted by molar-refractivity contribution is 0.613. The average Bonchev–Trinajstić information content (AvgIpc) is 2.57. The lowest BCUT2D eigenvalue weighted by Gasteiger charge is -2.17. The van der Waals surface area contributed by atoms with Gasteiger partial charge in [-0.15, -0.1) is 0 Å². The normalized spacial score (nSPS) is 26.8. The van der Waals surface area contributed by atoms with Crippen LogP contribution in [0.15, 0.2) is 18.2 Å². The van der Waals surface area contributed by atoms with Crippen LogP contribution in [0.4, 0.5) is 0 Å². The fourth-order valence-corrected chi connectivity index (χ4v) is 2.63. The molecule has 0 amide bonds. The Morgan fingerprint density at radius 1 is 1.21 bits per heavy atom. The number of benzene rings is 1. The molecule has 1 nitrogen and oxygen atoms in total. The van der Waals surface area contributed by atoms with Gasteiger partial charge in [0.15, 0.2) is 0 Å². The van der Waals surface area contributed by atoms with Crippen molar-refractivity contribution < 1.29 is 0 Å². The Balaban J connectivity index is 2.36. The average molecular weight is 230 g/mol. The number of hydrogen-bond donors (Lipinski definition) is 1. The number of rotatable bonds is 1. The second-order valence-electron chi connectivity index (χ2n) is 3.84. The van der Waals surface area contributed by atoms with Crippen molar-refractivity contribution in [2.45, 2.75) is 31.2 Å². The van der Waals surface area contributed by atoms with Gasteiger partial charge in [0.05, 0.1) is 10.0 Å². The quantitative estimate of drug-likeness (QED) is 0.783. The van der Waals surface area contributed by atoms with Crippen LogP contribution in [-0.4, -0.2) is 6.04 Å². The Morgan fingerprint density at radius 3 is 2.64 bits per heavy atom. The van der Waals surface area contributed by atoms with E-state index in [4.69, 9.17) is 28.9 Å². The van der Waals surface area contributed by atoms with Crippen LogP contribution in [0.5, 0.6) is 0 Å². The molecule has 2 rings (SSSR count). The van der Waals surface area contributed by atoms with Crippen LogP contribution in [0.3, 0.4) is 0 Å². The topological polar surface area (TPSA) is 26.0 Å². The van der Waals surface area contributed by atoms with E-state index in [0.29, 0.717) is 16.0 Å². The van der Waals surface area contributed by atoms with Gasteiger partial charge in [0.1, 0.15) is 0 Å². The van der Waals surface area contributed by atoms with Crippen LogP contribution in [0, 0.1) is 0 Å². The molecule has 0 radical (unpaired) electrons. The van der Waals surface area contributed by atoms with Gasteiger partial charge in [-0.05, 0) is 24.5 Å². The summed E-state index contributed by atoms with van der Waals surface area (Å²) >= 11 is 12.1. The molecule has 1 saturated carbocycles. The van der Waals surface area contributed by atoms with E-state index in [1.165, 1.54) is 6.42 Å². The molecule has 0 aliphatic heterocycles. The van der Waals surface area contributed by atoms with E-state index >= 15 is 0 Å². The first kappa shape index (κ1) is 10.3. The Labute approximate surface area is 94.2 Å². The second-order valence-corrected chi connectivity index (χ2v) is 4.63. The van der Waals surface area contributed by atoms with E-state index in [9.17, 15) is 0 Å². The zero-order valence-electron chi connectivity index (χ0n) is 7.84. The lowest BCUT2D eigenvalue weighted by atomic mass is 9.94. The highest BCUT2D eigenvalue weighted by Gasteiger charge is 2.27. The summed E-state index contributed by atoms with van der Waals surface area (Å²) in [7, 11) is 0. The first-order valence-corrected chi connectivity index (χ1v) is 5.65. The Bertz CT molecular complexity index is 338. The SMILES string of the molecule is NC1CCCC1c1cccc(Cl)c1Cl. The number of nitrogens with two attached hydrogens (primary N) is 1. The molecule has 76 valence electrons. The zero-order valence-corrected chi connectivity index (χ0v) is 9.35. The molecule has 0 heterocycles. The van der Waals surface area contributed by atoms with Crippen molar-refractivity contribution in [2.75, 3.05) is 0 Å². The van der Waals surface area contributed by atoms with Gasteiger partial charge in [-0.1, -0.05) is 41.8 Å². The van der Waals surface area contributed by atoms with Gasteiger partial charge in [0, 0.05) is 12.0 Å². The molecule has 2 N–H and O–H groups in total. The maximum absolute atomic E-state index is 6.15. The molecule has 1 aliphatic carbocycles. The largest absolute Gasteiger partial charge is 0.327 e. The third-order valence-corrected chi connectivity index (χ3v) is 3.78. The zero-order chi connectivity index (χ0) is 10.1. The summed E-state index contributed by atoms with van der Waals surface area (Å²) in [6, 6.07) is 6.03. The standard InChI is InChI=1S/C11H13Cl2N/c12-9-5-1-4-8(11(9)13)7-3-2-6-10(7)14/h1,4-5,7,10H,2-3,6,14H2. The summed E-state index contributed by atoms with van der Waals surface area (Å²) in [5.41, 5.74) is 7.14. The molecule has 0 aromatic heterocycles. The van der Waals surface area contributed by atoms with E-state index in [0.717, 1.165) is 18.4 Å². The molecular formula is C11H13Cl2N. The second kappa shape index (κ2) is 4.09. The summed E-state index contributed by atoms with van der Waals surface area (Å²) in [5.74, 6) is 0.390. The highest BCUT2D eigenvalue weighted by atomic mass is 35.5. The van der Waals surface area contributed by atoms with Crippen LogP contribution in [0.1, 0.15) is 30.7 Å². The fourth-order valence-electron chi connectivity index (χ4n) is 2.18. The third kappa shape index (κ3) is 1.77. The predicted molar refractivity (Wildman–Crippen MR) is 61.0 cm³/mol. The van der Waals surface area contributed by atoms with Gasteiger partial charge in [0.2, 0.25) is 0 Å². The molecule has 0 spiro atoms. The number of hydrogen-bond acceptors (Lipinski definition) is 1. The van der Waals surface area contributed by atoms with Gasteiger partial charge in [-0.25, -0.2) is 0 Å². The monoisotopic (exact) mass is 229 g/mol. The Kier molecular flexibility index (Phi) is 3.01. The van der Waals surface area contributed by atoms with Gasteiger partial charge >= 0.3 is 0 Å². The van der Waals surface area contributed by atoms with Crippen molar-refractivity contribution in [2.24, 2.45) is 5.73 Å². The molecule has 14 heavy (non-hydrogen) atoms. The molecule has 2 unspecified atom stereocenters. The molecule has 0 bridgehead atoms. The van der Waals surface area contributed by atoms with Crippen LogP contribution in [0.2, 0.25) is 10.0 Å². The number of halogens is 2. The van der Waals surface area contributed by atoms with Crippen molar-refractivity contribution in [3.05, 3.63) is 33.8 Å². The summed E-state index contributed by atoms with van der Waals surface area (Å²) in [6.45, 7) is 0. The van der Waals surface area contributed by atoms with Crippen LogP contribution in [-0.2, 0) is 0 Å². The van der Waals surface area contributed by atoms with E-state index < -0.39 is 0 Å². The van der Waals surface area contributed by atoms with Gasteiger partial charge in [-0.3, -0.25) is 0 Å². The highest BCUT2D eigenvalue weighted by Crippen LogP contribution is 2.39. The smallest absolute Gasteiger partial charge is 0.0627 e. The van der Waals surface area contributed by atoms with Gasteiger partial charge < -0.3 is 5.73 Å². The van der Waals surface area contributed by atoms with Crippen LogP contribution in [0.25, 0.3) is 0 Å². The maximum Gasteiger partial charge on any atom is 0.0627 e. The predicted octanol–water partition coefficient (Wildman–Crippen LogP) is 3.59. The van der Waals surface area contributed by atoms with E-state index in [1.54, 1.807) is 0 Å². The summed E-state index contributed by atoms with van der Waals surface area (Å²) in [6.07, 6.45) is 3.41. The first-order chi connectivity index (χ1) is 6.70. The van der Waals surface area contributed by atoms with E-state index in [-0.39, 0.29) is 6.04 Å². The van der Waals surface area contributed by atoms with Crippen molar-refractivity contribution >= 4 is 23.2 Å². The van der Waals surface area contributed by atoms with Crippen molar-refractivity contribution in [3.8, 4) is 0 Å². The molecular weight excluding hydrogens is 217 g/mol. The van der Waals surface area contributed by atoms with Gasteiger partial charge in [0.25, 0.3) is 0 Å². The summed E-state index contributed by atoms with van der Waals surface area (Å²) in [5, 5.41) is 1.31. The minimum absolute atomic E-state index is 0.242. The molecule has 1 aromatic carbocycles. The van der Waals surface area contributed by atoms with Crippen LogP contribution < -0.4 is 5.73 Å². The minimum Gasteiger partial charge on any atom is -0.327 e. The fraction of sp³-hybridized carbons (Fsp3) is 0.455. The molecule has 3 heteroatoms. The summed E-state index contributed by atoms with van der Waals surface area (Å²) in [4.78, 5) is 0. The molecule has 1 aliphatic rings. The van der Waals surface area contributed by atoms with Crippen molar-refractivity contribution in [1.29, 1.82) is 0 Å². The Morgan fingerprint density at radius 2 is 2.00 bits per heavy atom. The molecule has 1 aromatic rings. The van der Waals surface area contributed by atoms with E-state index in [1.807, 2.05) is 18.2 Å². The highest BCUT2D eigenvalue weighted by molar-refractivity contribution is 6.42. The first-order valence-electron chi connectivity index (χ1n) is 4.89. The van der Waals surface area contributed by atoms with E-state index in [2.05, 4.69) is 0 Å². The molecule has 0 saturated heterocycles. The van der Waals surface area contributed by atoms with Crippen molar-refractivity contribution in [3.63, 3.8) is 0 Å². The minimum atomic E-state index is 0.242. The molecule has 2 atom stereocenters. The third-order valence-electron chi connectivity index (χ3n) is 2.95. The summed E-state index contributed by atoms with van der Waals surface area (Å²) < 4.78 is 0. The van der Waals surface area contributed by atoms with Crippen molar-refractivity contribution in [1.82, 2.24) is 0 Å².